The van der Waals surface area contributed by atoms with Crippen molar-refractivity contribution in [2.75, 3.05) is 13.1 Å². The minimum atomic E-state index is -1.64. The highest BCUT2D eigenvalue weighted by atomic mass is 35.5. The number of nitrogens with two attached hydrogens (primary N) is 1. The van der Waals surface area contributed by atoms with Gasteiger partial charge in [0.05, 0.1) is 6.42 Å². The molecule has 20 heavy (non-hydrogen) atoms. The van der Waals surface area contributed by atoms with Crippen LogP contribution in [0.25, 0.3) is 0 Å². The number of halogens is 2. The molecule has 0 aliphatic carbocycles. The lowest BCUT2D eigenvalue weighted by Gasteiger charge is -2.30. The number of aromatic nitrogens is 1. The van der Waals surface area contributed by atoms with Crippen molar-refractivity contribution >= 4 is 30.7 Å². The van der Waals surface area contributed by atoms with E-state index in [1.807, 2.05) is 0 Å². The number of pyridine rings is 1. The van der Waals surface area contributed by atoms with E-state index >= 15 is 0 Å². The van der Waals surface area contributed by atoms with Crippen LogP contribution in [0.5, 0.6) is 0 Å². The maximum atomic E-state index is 12.1. The smallest absolute Gasteiger partial charge is 0.227 e. The number of carbonyl (C=O) groups excluding carboxylic acids is 1. The van der Waals surface area contributed by atoms with Gasteiger partial charge in [-0.25, -0.2) is 0 Å². The molecule has 0 spiro atoms. The maximum Gasteiger partial charge on any atom is 0.227 e. The van der Waals surface area contributed by atoms with Crippen LogP contribution in [0.4, 0.5) is 0 Å². The summed E-state index contributed by atoms with van der Waals surface area (Å²) in [5.41, 5.74) is 4.65. The summed E-state index contributed by atoms with van der Waals surface area (Å²) in [5.74, 6) is -0.0939. The van der Waals surface area contributed by atoms with Crippen molar-refractivity contribution in [2.45, 2.75) is 31.4 Å². The third-order valence-electron chi connectivity index (χ3n) is 3.29. The highest BCUT2D eigenvalue weighted by Gasteiger charge is 2.30. The summed E-state index contributed by atoms with van der Waals surface area (Å²) in [4.78, 5) is 17.7. The van der Waals surface area contributed by atoms with E-state index in [0.29, 0.717) is 5.56 Å². The fourth-order valence-electron chi connectivity index (χ4n) is 2.21. The van der Waals surface area contributed by atoms with Gasteiger partial charge in [0, 0.05) is 31.0 Å². The Morgan fingerprint density at radius 2 is 2.00 bits per heavy atom. The first-order valence-corrected chi connectivity index (χ1v) is 6.29. The van der Waals surface area contributed by atoms with E-state index < -0.39 is 5.72 Å². The number of likely N-dealkylation sites (tertiary alicyclic amines) is 1. The molecule has 5 nitrogen and oxygen atoms in total. The second-order valence-corrected chi connectivity index (χ2v) is 4.78. The van der Waals surface area contributed by atoms with Gasteiger partial charge in [-0.1, -0.05) is 6.07 Å². The van der Waals surface area contributed by atoms with Gasteiger partial charge >= 0.3 is 0 Å². The van der Waals surface area contributed by atoms with Gasteiger partial charge in [0.1, 0.15) is 5.72 Å². The highest BCUT2D eigenvalue weighted by molar-refractivity contribution is 5.85. The SMILES string of the molecule is Cl.Cl.NC(O)(CC(=O)N1CCCCC1)c1cccnc1. The second-order valence-electron chi connectivity index (χ2n) is 4.78. The van der Waals surface area contributed by atoms with Crippen molar-refractivity contribution in [3.8, 4) is 0 Å². The van der Waals surface area contributed by atoms with Gasteiger partial charge in [-0.15, -0.1) is 24.8 Å². The molecule has 114 valence electrons. The highest BCUT2D eigenvalue weighted by Crippen LogP contribution is 2.20. The zero-order valence-electron chi connectivity index (χ0n) is 11.2. The van der Waals surface area contributed by atoms with Gasteiger partial charge in [0.25, 0.3) is 0 Å². The van der Waals surface area contributed by atoms with E-state index in [1.54, 1.807) is 23.2 Å². The summed E-state index contributed by atoms with van der Waals surface area (Å²) in [6.45, 7) is 1.53. The second kappa shape index (κ2) is 8.42. The predicted octanol–water partition coefficient (Wildman–Crippen LogP) is 1.43. The predicted molar refractivity (Wildman–Crippen MR) is 81.9 cm³/mol. The number of hydrogen-bond donors (Lipinski definition) is 2. The van der Waals surface area contributed by atoms with Gasteiger partial charge in [-0.05, 0) is 25.3 Å². The Kier molecular flexibility index (Phi) is 8.05. The minimum absolute atomic E-state index is 0. The molecule has 2 rings (SSSR count). The van der Waals surface area contributed by atoms with E-state index in [0.717, 1.165) is 25.9 Å². The molecule has 0 radical (unpaired) electrons. The Morgan fingerprint density at radius 1 is 1.35 bits per heavy atom. The molecule has 0 aromatic carbocycles. The average molecular weight is 322 g/mol. The first-order chi connectivity index (χ1) is 8.59. The fourth-order valence-corrected chi connectivity index (χ4v) is 2.21. The van der Waals surface area contributed by atoms with Crippen molar-refractivity contribution in [1.82, 2.24) is 9.88 Å². The number of hydrogen-bond acceptors (Lipinski definition) is 4. The molecule has 7 heteroatoms. The monoisotopic (exact) mass is 321 g/mol. The molecule has 1 unspecified atom stereocenters. The Balaban J connectivity index is 0.00000180. The molecule has 1 saturated heterocycles. The molecule has 1 aromatic heterocycles. The van der Waals surface area contributed by atoms with E-state index in [9.17, 15) is 9.90 Å². The Labute approximate surface area is 131 Å². The van der Waals surface area contributed by atoms with Crippen LogP contribution in [-0.4, -0.2) is 34.0 Å². The number of rotatable bonds is 3. The maximum absolute atomic E-state index is 12.1. The lowest BCUT2D eigenvalue weighted by atomic mass is 10.0. The van der Waals surface area contributed by atoms with Crippen molar-refractivity contribution < 1.29 is 9.90 Å². The lowest BCUT2D eigenvalue weighted by Crippen LogP contribution is -2.44. The van der Waals surface area contributed by atoms with E-state index in [-0.39, 0.29) is 37.1 Å². The molecule has 0 saturated carbocycles. The van der Waals surface area contributed by atoms with Crippen LogP contribution in [0.2, 0.25) is 0 Å². The number of amides is 1. The summed E-state index contributed by atoms with van der Waals surface area (Å²) in [7, 11) is 0. The molecule has 2 heterocycles. The van der Waals surface area contributed by atoms with Gasteiger partial charge in [-0.3, -0.25) is 15.5 Å². The van der Waals surface area contributed by atoms with Crippen LogP contribution < -0.4 is 5.73 Å². The molecule has 1 aromatic rings. The standard InChI is InChI=1S/C13H19N3O2.2ClH/c14-13(18,11-5-4-6-15-10-11)9-12(17)16-7-2-1-3-8-16;;/h4-6,10,18H,1-3,7-9,14H2;2*1H. The van der Waals surface area contributed by atoms with Gasteiger partial charge in [0.2, 0.25) is 5.91 Å². The van der Waals surface area contributed by atoms with Gasteiger partial charge in [0.15, 0.2) is 0 Å². The van der Waals surface area contributed by atoms with E-state index in [2.05, 4.69) is 4.98 Å². The molecule has 1 atom stereocenters. The average Bonchev–Trinajstić information content (AvgIpc) is 2.40. The van der Waals surface area contributed by atoms with Crippen molar-refractivity contribution in [3.05, 3.63) is 30.1 Å². The normalized spacial score (nSPS) is 17.4. The van der Waals surface area contributed by atoms with Crippen molar-refractivity contribution in [1.29, 1.82) is 0 Å². The van der Waals surface area contributed by atoms with Crippen LogP contribution in [0, 0.1) is 0 Å². The van der Waals surface area contributed by atoms with Gasteiger partial charge < -0.3 is 10.0 Å². The van der Waals surface area contributed by atoms with E-state index in [1.165, 1.54) is 12.6 Å². The number of piperidine rings is 1. The summed E-state index contributed by atoms with van der Waals surface area (Å²) in [6.07, 6.45) is 6.22. The molecule has 1 aliphatic heterocycles. The van der Waals surface area contributed by atoms with Crippen LogP contribution >= 0.6 is 24.8 Å². The third-order valence-corrected chi connectivity index (χ3v) is 3.29. The fraction of sp³-hybridized carbons (Fsp3) is 0.538. The minimum Gasteiger partial charge on any atom is -0.371 e. The summed E-state index contributed by atoms with van der Waals surface area (Å²) < 4.78 is 0. The van der Waals surface area contributed by atoms with Crippen molar-refractivity contribution in [3.63, 3.8) is 0 Å². The largest absolute Gasteiger partial charge is 0.371 e. The van der Waals surface area contributed by atoms with Crippen LogP contribution in [0.3, 0.4) is 0 Å². The quantitative estimate of drug-likeness (QED) is 0.825. The molecular weight excluding hydrogens is 301 g/mol. The Bertz CT molecular complexity index is 409. The van der Waals surface area contributed by atoms with Crippen LogP contribution in [-0.2, 0) is 10.5 Å². The van der Waals surface area contributed by atoms with E-state index in [4.69, 9.17) is 5.73 Å². The summed E-state index contributed by atoms with van der Waals surface area (Å²) in [6, 6.07) is 3.37. The summed E-state index contributed by atoms with van der Waals surface area (Å²) >= 11 is 0. The third kappa shape index (κ3) is 4.90. The number of aliphatic hydroxyl groups is 1. The first-order valence-electron chi connectivity index (χ1n) is 6.29. The van der Waals surface area contributed by atoms with Crippen LogP contribution in [0.1, 0.15) is 31.2 Å². The molecular formula is C13H21Cl2N3O2. The molecule has 0 bridgehead atoms. The van der Waals surface area contributed by atoms with Crippen molar-refractivity contribution in [2.24, 2.45) is 5.73 Å². The zero-order valence-corrected chi connectivity index (χ0v) is 12.8. The Hall–Kier alpha value is -0.880. The molecule has 1 amide bonds. The first kappa shape index (κ1) is 19.1. The summed E-state index contributed by atoms with van der Waals surface area (Å²) in [5, 5.41) is 10.2. The molecule has 1 fully saturated rings. The molecule has 3 N–H and O–H groups in total. The molecule has 1 aliphatic rings. The topological polar surface area (TPSA) is 79.5 Å². The van der Waals surface area contributed by atoms with Crippen LogP contribution in [0.15, 0.2) is 24.5 Å². The lowest BCUT2D eigenvalue weighted by molar-refractivity contribution is -0.137. The Morgan fingerprint density at radius 3 is 2.55 bits per heavy atom. The number of nitrogens with zero attached hydrogens (tertiary/aromatic N) is 2. The number of carbonyl (C=O) groups is 1. The zero-order chi connectivity index (χ0) is 13.0. The van der Waals surface area contributed by atoms with Gasteiger partial charge in [-0.2, -0.15) is 0 Å².